The highest BCUT2D eigenvalue weighted by Crippen LogP contribution is 2.35. The molecule has 0 spiro atoms. The number of rotatable bonds is 5. The van der Waals surface area contributed by atoms with Gasteiger partial charge in [-0.3, -0.25) is 4.98 Å². The van der Waals surface area contributed by atoms with Gasteiger partial charge in [-0.1, -0.05) is 0 Å². The zero-order valence-electron chi connectivity index (χ0n) is 13.3. The van der Waals surface area contributed by atoms with Crippen molar-refractivity contribution in [1.29, 1.82) is 0 Å². The minimum Gasteiger partial charge on any atom is -0.363 e. The predicted molar refractivity (Wildman–Crippen MR) is 96.0 cm³/mol. The summed E-state index contributed by atoms with van der Waals surface area (Å²) in [6.45, 7) is 4.18. The largest absolute Gasteiger partial charge is 0.363 e. The van der Waals surface area contributed by atoms with E-state index >= 15 is 0 Å². The van der Waals surface area contributed by atoms with Gasteiger partial charge in [0, 0.05) is 17.1 Å². The Morgan fingerprint density at radius 3 is 2.92 bits per heavy atom. The minimum absolute atomic E-state index is 0.0548. The van der Waals surface area contributed by atoms with Crippen LogP contribution in [-0.2, 0) is 13.0 Å². The van der Waals surface area contributed by atoms with Crippen molar-refractivity contribution in [2.75, 3.05) is 5.32 Å². The summed E-state index contributed by atoms with van der Waals surface area (Å²) in [4.78, 5) is 13.8. The second-order valence-corrected chi connectivity index (χ2v) is 7.08. The Morgan fingerprint density at radius 2 is 2.21 bits per heavy atom. The molecule has 0 amide bonds. The first-order valence-electron chi connectivity index (χ1n) is 7.50. The highest BCUT2D eigenvalue weighted by molar-refractivity contribution is 7.19. The maximum Gasteiger partial charge on any atom is 0.224 e. The third kappa shape index (κ3) is 3.48. The Balaban J connectivity index is 1.96. The molecule has 3 rings (SSSR count). The average Bonchev–Trinajstić information content (AvgIpc) is 2.82. The van der Waals surface area contributed by atoms with Gasteiger partial charge in [-0.15, -0.1) is 11.3 Å². The Kier molecular flexibility index (Phi) is 4.93. The Bertz CT molecular complexity index is 880. The molecule has 1 unspecified atom stereocenters. The van der Waals surface area contributed by atoms with Gasteiger partial charge in [0.25, 0.3) is 0 Å². The molecule has 0 saturated heterocycles. The summed E-state index contributed by atoms with van der Waals surface area (Å²) in [5.41, 5.74) is 8.10. The van der Waals surface area contributed by atoms with E-state index in [1.807, 2.05) is 13.8 Å². The van der Waals surface area contributed by atoms with Crippen molar-refractivity contribution < 1.29 is 4.39 Å². The lowest BCUT2D eigenvalue weighted by molar-refractivity contribution is 0.602. The fourth-order valence-electron chi connectivity index (χ4n) is 2.43. The molecule has 126 valence electrons. The molecule has 3 aromatic heterocycles. The number of halogens is 2. The molecule has 0 aliphatic heterocycles. The molecule has 3 N–H and O–H groups in total. The zero-order valence-corrected chi connectivity index (χ0v) is 14.9. The molecule has 0 fully saturated rings. The number of anilines is 1. The average molecular weight is 366 g/mol. The van der Waals surface area contributed by atoms with E-state index in [2.05, 4.69) is 20.3 Å². The van der Waals surface area contributed by atoms with Gasteiger partial charge in [-0.2, -0.15) is 4.98 Å². The first-order valence-corrected chi connectivity index (χ1v) is 8.69. The van der Waals surface area contributed by atoms with Gasteiger partial charge in [0.2, 0.25) is 5.28 Å². The third-order valence-corrected chi connectivity index (χ3v) is 5.08. The van der Waals surface area contributed by atoms with E-state index in [9.17, 15) is 4.39 Å². The number of pyridine rings is 1. The molecule has 3 aromatic rings. The fraction of sp³-hybridized carbons (Fsp3) is 0.312. The van der Waals surface area contributed by atoms with E-state index in [-0.39, 0.29) is 23.7 Å². The molecule has 0 bridgehead atoms. The molecule has 1 atom stereocenters. The first-order chi connectivity index (χ1) is 11.5. The van der Waals surface area contributed by atoms with Crippen LogP contribution in [0, 0.1) is 12.7 Å². The van der Waals surface area contributed by atoms with E-state index in [0.717, 1.165) is 27.1 Å². The van der Waals surface area contributed by atoms with E-state index < -0.39 is 0 Å². The van der Waals surface area contributed by atoms with Crippen LogP contribution in [0.3, 0.4) is 0 Å². The van der Waals surface area contributed by atoms with Crippen molar-refractivity contribution in [1.82, 2.24) is 15.0 Å². The normalized spacial score (nSPS) is 12.5. The second kappa shape index (κ2) is 6.96. The molecular weight excluding hydrogens is 349 g/mol. The van der Waals surface area contributed by atoms with Crippen molar-refractivity contribution in [3.8, 4) is 0 Å². The number of hydrogen-bond donors (Lipinski definition) is 2. The van der Waals surface area contributed by atoms with Crippen LogP contribution in [0.2, 0.25) is 5.28 Å². The molecule has 0 aromatic carbocycles. The van der Waals surface area contributed by atoms with Gasteiger partial charge in [-0.05, 0) is 49.6 Å². The molecule has 24 heavy (non-hydrogen) atoms. The number of thiophene rings is 1. The summed E-state index contributed by atoms with van der Waals surface area (Å²) in [5, 5.41) is 3.27. The van der Waals surface area contributed by atoms with Crippen LogP contribution in [-0.4, -0.2) is 21.0 Å². The second-order valence-electron chi connectivity index (χ2n) is 5.64. The van der Waals surface area contributed by atoms with Crippen molar-refractivity contribution >= 4 is 39.0 Å². The summed E-state index contributed by atoms with van der Waals surface area (Å²) in [5.74, 6) is 0.223. The van der Waals surface area contributed by atoms with Crippen LogP contribution in [0.1, 0.15) is 23.1 Å². The lowest BCUT2D eigenvalue weighted by atomic mass is 10.1. The molecule has 0 radical (unpaired) electrons. The maximum atomic E-state index is 13.7. The molecule has 0 aliphatic rings. The van der Waals surface area contributed by atoms with Crippen molar-refractivity contribution in [3.63, 3.8) is 0 Å². The molecule has 3 heterocycles. The van der Waals surface area contributed by atoms with Crippen LogP contribution >= 0.6 is 22.9 Å². The quantitative estimate of drug-likeness (QED) is 0.674. The Hall–Kier alpha value is -1.83. The summed E-state index contributed by atoms with van der Waals surface area (Å²) in [6, 6.07) is 2.99. The van der Waals surface area contributed by atoms with Crippen LogP contribution in [0.25, 0.3) is 10.2 Å². The SMILES string of the molecule is Cc1c(CC(C)N)sc2c(NCc3ncccc3F)nc(Cl)nc12. The van der Waals surface area contributed by atoms with Gasteiger partial charge < -0.3 is 11.1 Å². The molecule has 8 heteroatoms. The molecule has 5 nitrogen and oxygen atoms in total. The third-order valence-electron chi connectivity index (χ3n) is 3.60. The van der Waals surface area contributed by atoms with Crippen molar-refractivity contribution in [2.45, 2.75) is 32.9 Å². The monoisotopic (exact) mass is 365 g/mol. The number of nitrogens with two attached hydrogens (primary N) is 1. The van der Waals surface area contributed by atoms with E-state index in [1.165, 1.54) is 6.07 Å². The topological polar surface area (TPSA) is 76.7 Å². The highest BCUT2D eigenvalue weighted by Gasteiger charge is 2.17. The van der Waals surface area contributed by atoms with Crippen LogP contribution in [0.5, 0.6) is 0 Å². The molecule has 0 aliphatic carbocycles. The predicted octanol–water partition coefficient (Wildman–Crippen LogP) is 3.69. The summed E-state index contributed by atoms with van der Waals surface area (Å²) in [7, 11) is 0. The van der Waals surface area contributed by atoms with E-state index in [1.54, 1.807) is 23.6 Å². The van der Waals surface area contributed by atoms with Crippen molar-refractivity contribution in [3.05, 3.63) is 45.6 Å². The summed E-state index contributed by atoms with van der Waals surface area (Å²) < 4.78 is 14.6. The standard InChI is InChI=1S/C16H17ClFN5S/c1-8(19)6-12-9(2)13-14(24-12)15(23-16(17)22-13)21-7-11-10(18)4-3-5-20-11/h3-5,8H,6-7,19H2,1-2H3,(H,21,22,23). The zero-order chi connectivity index (χ0) is 17.3. The van der Waals surface area contributed by atoms with Gasteiger partial charge in [0.05, 0.1) is 22.5 Å². The fourth-order valence-corrected chi connectivity index (χ4v) is 3.95. The first kappa shape index (κ1) is 17.0. The van der Waals surface area contributed by atoms with Gasteiger partial charge in [0.15, 0.2) is 0 Å². The number of fused-ring (bicyclic) bond motifs is 1. The van der Waals surface area contributed by atoms with E-state index in [0.29, 0.717) is 11.5 Å². The minimum atomic E-state index is -0.360. The van der Waals surface area contributed by atoms with Crippen LogP contribution in [0.15, 0.2) is 18.3 Å². The smallest absolute Gasteiger partial charge is 0.224 e. The maximum absolute atomic E-state index is 13.7. The Labute approximate surface area is 148 Å². The van der Waals surface area contributed by atoms with E-state index in [4.69, 9.17) is 17.3 Å². The van der Waals surface area contributed by atoms with Crippen molar-refractivity contribution in [2.24, 2.45) is 5.73 Å². The van der Waals surface area contributed by atoms with Gasteiger partial charge in [0.1, 0.15) is 11.6 Å². The molecule has 0 saturated carbocycles. The number of hydrogen-bond acceptors (Lipinski definition) is 6. The summed E-state index contributed by atoms with van der Waals surface area (Å²) in [6.07, 6.45) is 2.32. The Morgan fingerprint density at radius 1 is 1.42 bits per heavy atom. The lowest BCUT2D eigenvalue weighted by Crippen LogP contribution is -2.17. The van der Waals surface area contributed by atoms with Crippen LogP contribution < -0.4 is 11.1 Å². The number of aryl methyl sites for hydroxylation is 1. The van der Waals surface area contributed by atoms with Gasteiger partial charge in [-0.25, -0.2) is 9.37 Å². The number of aromatic nitrogens is 3. The summed E-state index contributed by atoms with van der Waals surface area (Å²) >= 11 is 7.64. The highest BCUT2D eigenvalue weighted by atomic mass is 35.5. The molecular formula is C16H17ClFN5S. The number of nitrogens with one attached hydrogen (secondary N) is 1. The number of nitrogens with zero attached hydrogens (tertiary/aromatic N) is 3. The lowest BCUT2D eigenvalue weighted by Gasteiger charge is -2.07. The van der Waals surface area contributed by atoms with Crippen LogP contribution in [0.4, 0.5) is 10.2 Å². The van der Waals surface area contributed by atoms with Gasteiger partial charge >= 0.3 is 0 Å².